The molecule has 11 atom stereocenters. The van der Waals surface area contributed by atoms with E-state index in [1.165, 1.54) is 6.92 Å². The fraction of sp³-hybridized carbons (Fsp3) is 0.556. The number of rotatable bonds is 16. The number of carbonyl (C=O) groups excluding carboxylic acids is 2. The Labute approximate surface area is 349 Å². The smallest absolute Gasteiger partial charge is 0.309 e. The van der Waals surface area contributed by atoms with Crippen molar-refractivity contribution in [1.29, 1.82) is 0 Å². The molecule has 0 amide bonds. The molecule has 57 heavy (non-hydrogen) atoms. The molecular weight excluding hydrogens is 767 g/mol. The lowest BCUT2D eigenvalue weighted by Crippen LogP contribution is -2.59. The van der Waals surface area contributed by atoms with E-state index in [4.69, 9.17) is 42.1 Å². The Morgan fingerprint density at radius 3 is 2.25 bits per heavy atom. The molecule has 0 radical (unpaired) electrons. The van der Waals surface area contributed by atoms with E-state index in [2.05, 4.69) is 37.5 Å². The summed E-state index contributed by atoms with van der Waals surface area (Å²) in [6, 6.07) is 15.3. The minimum Gasteiger partial charge on any atom is -0.457 e. The van der Waals surface area contributed by atoms with Crippen LogP contribution in [0.2, 0.25) is 10.0 Å². The number of hydrogen-bond acceptors (Lipinski definition) is 10. The quantitative estimate of drug-likeness (QED) is 0.0578. The molecule has 314 valence electrons. The molecule has 12 heteroatoms. The van der Waals surface area contributed by atoms with Crippen molar-refractivity contribution in [1.82, 2.24) is 10.6 Å². The lowest BCUT2D eigenvalue weighted by atomic mass is 9.84. The first-order valence-corrected chi connectivity index (χ1v) is 20.7. The minimum absolute atomic E-state index is 0.0323. The molecule has 2 unspecified atom stereocenters. The normalized spacial score (nSPS) is 29.3. The van der Waals surface area contributed by atoms with Crippen LogP contribution in [0, 0.1) is 11.8 Å². The van der Waals surface area contributed by atoms with Crippen LogP contribution in [-0.2, 0) is 41.6 Å². The standard InChI is InChI=1S/C45H62Cl2N2O8/c1-9-37(54-8)30(4)41-42(57-41)43(48-26-32-13-17-34(46)18-14-32)44(6,49-27-33-15-19-35(47)20-16-33)23-10-11-28(2)40-29(3)12-21-38(55-31(5)50)45(7,53)24-22-36(51)25-39(52)56-40/h10-21,23,29-30,36-38,40-43,48-49,51,53H,9,22,24-27H2,1-8H3/b21-12+,23-10+,28-11+/t29-,30+,36+,37-,38-,40-,41+,42+,43?,44?,45+/m0/s1. The van der Waals surface area contributed by atoms with E-state index in [9.17, 15) is 19.8 Å². The van der Waals surface area contributed by atoms with Crippen molar-refractivity contribution in [2.45, 2.75) is 141 Å². The van der Waals surface area contributed by atoms with Crippen molar-refractivity contribution >= 4 is 35.1 Å². The minimum atomic E-state index is -1.46. The van der Waals surface area contributed by atoms with E-state index in [1.54, 1.807) is 26.2 Å². The number of allylic oxidation sites excluding steroid dienone is 2. The van der Waals surface area contributed by atoms with Gasteiger partial charge in [-0.25, -0.2) is 0 Å². The van der Waals surface area contributed by atoms with E-state index >= 15 is 0 Å². The maximum atomic E-state index is 13.1. The molecule has 2 heterocycles. The molecule has 2 aromatic carbocycles. The average molecular weight is 830 g/mol. The second-order valence-electron chi connectivity index (χ2n) is 16.1. The molecule has 10 nitrogen and oxygen atoms in total. The fourth-order valence-electron chi connectivity index (χ4n) is 7.58. The van der Waals surface area contributed by atoms with Crippen molar-refractivity contribution in [3.05, 3.63) is 106 Å². The first-order valence-electron chi connectivity index (χ1n) is 19.9. The van der Waals surface area contributed by atoms with E-state index in [0.717, 1.165) is 23.1 Å². The van der Waals surface area contributed by atoms with Crippen LogP contribution in [0.5, 0.6) is 0 Å². The summed E-state index contributed by atoms with van der Waals surface area (Å²) in [5.74, 6) is -1.30. The highest BCUT2D eigenvalue weighted by atomic mass is 35.5. The Hall–Kier alpha value is -3.06. The van der Waals surface area contributed by atoms with Crippen molar-refractivity contribution in [3.63, 3.8) is 0 Å². The lowest BCUT2D eigenvalue weighted by molar-refractivity contribution is -0.157. The van der Waals surface area contributed by atoms with E-state index in [1.807, 2.05) is 74.5 Å². The van der Waals surface area contributed by atoms with Crippen molar-refractivity contribution < 1.29 is 38.7 Å². The topological polar surface area (TPSA) is 139 Å². The van der Waals surface area contributed by atoms with Gasteiger partial charge in [0.05, 0.1) is 36.3 Å². The Bertz CT molecular complexity index is 1690. The van der Waals surface area contributed by atoms with Gasteiger partial charge in [-0.3, -0.25) is 9.59 Å². The third kappa shape index (κ3) is 13.8. The maximum Gasteiger partial charge on any atom is 0.309 e. The highest BCUT2D eigenvalue weighted by molar-refractivity contribution is 6.30. The summed E-state index contributed by atoms with van der Waals surface area (Å²) in [7, 11) is 1.74. The predicted octanol–water partition coefficient (Wildman–Crippen LogP) is 7.66. The second-order valence-corrected chi connectivity index (χ2v) is 16.9. The van der Waals surface area contributed by atoms with E-state index in [-0.39, 0.29) is 55.5 Å². The van der Waals surface area contributed by atoms with Crippen LogP contribution in [-0.4, -0.2) is 83.1 Å². The van der Waals surface area contributed by atoms with Crippen molar-refractivity contribution in [2.24, 2.45) is 11.8 Å². The van der Waals surface area contributed by atoms with Crippen LogP contribution in [0.3, 0.4) is 0 Å². The number of hydrogen-bond donors (Lipinski definition) is 4. The summed E-state index contributed by atoms with van der Waals surface area (Å²) in [6.45, 7) is 14.2. The molecule has 0 bridgehead atoms. The zero-order valence-corrected chi connectivity index (χ0v) is 36.1. The summed E-state index contributed by atoms with van der Waals surface area (Å²) in [5.41, 5.74) is 0.748. The van der Waals surface area contributed by atoms with Crippen LogP contribution in [0.1, 0.15) is 85.3 Å². The van der Waals surface area contributed by atoms with Crippen LogP contribution < -0.4 is 10.6 Å². The molecule has 0 aliphatic carbocycles. The molecule has 1 saturated heterocycles. The highest BCUT2D eigenvalue weighted by Gasteiger charge is 2.54. The van der Waals surface area contributed by atoms with Crippen LogP contribution in [0.25, 0.3) is 0 Å². The largest absolute Gasteiger partial charge is 0.457 e. The van der Waals surface area contributed by atoms with E-state index < -0.39 is 41.4 Å². The molecule has 0 spiro atoms. The van der Waals surface area contributed by atoms with Gasteiger partial charge in [-0.05, 0) is 87.1 Å². The second kappa shape index (κ2) is 21.3. The number of halogens is 2. The molecule has 2 aliphatic rings. The van der Waals surface area contributed by atoms with Crippen LogP contribution in [0.15, 0.2) is 84.5 Å². The number of cyclic esters (lactones) is 1. The zero-order chi connectivity index (χ0) is 41.9. The number of esters is 2. The predicted molar refractivity (Wildman–Crippen MR) is 225 cm³/mol. The number of carbonyl (C=O) groups is 2. The number of aliphatic hydroxyl groups excluding tert-OH is 1. The molecular formula is C45H62Cl2N2O8. The highest BCUT2D eigenvalue weighted by Crippen LogP contribution is 2.39. The number of ether oxygens (including phenoxy) is 4. The summed E-state index contributed by atoms with van der Waals surface area (Å²) < 4.78 is 23.8. The van der Waals surface area contributed by atoms with Gasteiger partial charge < -0.3 is 39.8 Å². The van der Waals surface area contributed by atoms with Gasteiger partial charge in [0.15, 0.2) is 0 Å². The summed E-state index contributed by atoms with van der Waals surface area (Å²) >= 11 is 12.4. The van der Waals surface area contributed by atoms with Gasteiger partial charge in [0.25, 0.3) is 0 Å². The van der Waals surface area contributed by atoms with Crippen molar-refractivity contribution in [3.8, 4) is 0 Å². The Balaban J connectivity index is 1.71. The van der Waals surface area contributed by atoms with Gasteiger partial charge in [0.2, 0.25) is 0 Å². The van der Waals surface area contributed by atoms with Gasteiger partial charge in [0, 0.05) is 49.0 Å². The average Bonchev–Trinajstić information content (AvgIpc) is 3.95. The van der Waals surface area contributed by atoms with Gasteiger partial charge in [-0.2, -0.15) is 0 Å². The lowest BCUT2D eigenvalue weighted by Gasteiger charge is -2.37. The fourth-order valence-corrected chi connectivity index (χ4v) is 7.84. The molecule has 0 saturated carbocycles. The molecule has 2 aromatic rings. The molecule has 4 rings (SSSR count). The third-order valence-electron chi connectivity index (χ3n) is 11.2. The monoisotopic (exact) mass is 828 g/mol. The number of epoxide rings is 1. The number of nitrogens with one attached hydrogen (secondary N) is 2. The molecule has 4 N–H and O–H groups in total. The van der Waals surface area contributed by atoms with Gasteiger partial charge in [-0.15, -0.1) is 0 Å². The van der Waals surface area contributed by atoms with Crippen LogP contribution >= 0.6 is 23.2 Å². The first-order chi connectivity index (χ1) is 27.0. The van der Waals surface area contributed by atoms with Crippen molar-refractivity contribution in [2.75, 3.05) is 7.11 Å². The maximum absolute atomic E-state index is 13.1. The molecule has 2 aliphatic heterocycles. The summed E-state index contributed by atoms with van der Waals surface area (Å²) in [4.78, 5) is 25.1. The Morgan fingerprint density at radius 2 is 1.67 bits per heavy atom. The van der Waals surface area contributed by atoms with Gasteiger partial charge in [-0.1, -0.05) is 92.5 Å². The Kier molecular flexibility index (Phi) is 17.4. The SMILES string of the molecule is CC[C@H](OC)[C@@H](C)[C@H]1O[C@H]1C(NCc1ccc(Cl)cc1)C(C)(/C=C/C=C(\C)[C@@H]1OC(=O)C[C@H](O)CC[C@@](C)(O)[C@@H](OC(C)=O)/C=C/[C@@H]1C)NCc1ccc(Cl)cc1. The zero-order valence-electron chi connectivity index (χ0n) is 34.5. The van der Waals surface area contributed by atoms with E-state index in [0.29, 0.717) is 23.1 Å². The first kappa shape index (κ1) is 46.6. The third-order valence-corrected chi connectivity index (χ3v) is 11.7. The summed E-state index contributed by atoms with van der Waals surface area (Å²) in [6.07, 6.45) is 7.47. The summed E-state index contributed by atoms with van der Waals surface area (Å²) in [5, 5.41) is 30.9. The molecule has 0 aromatic heterocycles. The number of aliphatic hydroxyl groups is 2. The molecule has 1 fully saturated rings. The Morgan fingerprint density at radius 1 is 1.05 bits per heavy atom. The van der Waals surface area contributed by atoms with Crippen LogP contribution in [0.4, 0.5) is 0 Å². The number of methoxy groups -OCH3 is 1. The van der Waals surface area contributed by atoms with Gasteiger partial charge >= 0.3 is 11.9 Å². The number of benzene rings is 2. The van der Waals surface area contributed by atoms with Gasteiger partial charge in [0.1, 0.15) is 23.9 Å².